The van der Waals surface area contributed by atoms with Crippen LogP contribution in [0.3, 0.4) is 0 Å². The minimum atomic E-state index is -0.0677. The third-order valence-corrected chi connectivity index (χ3v) is 2.16. The molecule has 5 nitrogen and oxygen atoms in total. The third kappa shape index (κ3) is 2.10. The van der Waals surface area contributed by atoms with Gasteiger partial charge in [-0.15, -0.1) is 0 Å². The molecular formula is C9H15N3O2. The Morgan fingerprint density at radius 1 is 1.57 bits per heavy atom. The fraction of sp³-hybridized carbons (Fsp3) is 0.778. The lowest BCUT2D eigenvalue weighted by Crippen LogP contribution is -2.33. The van der Waals surface area contributed by atoms with Crippen molar-refractivity contribution in [2.24, 2.45) is 0 Å². The van der Waals surface area contributed by atoms with Crippen molar-refractivity contribution in [1.29, 1.82) is 0 Å². The maximum Gasteiger partial charge on any atom is 0.257 e. The van der Waals surface area contributed by atoms with Crippen molar-refractivity contribution in [2.45, 2.75) is 25.9 Å². The number of nitrogens with one attached hydrogen (secondary N) is 1. The zero-order valence-corrected chi connectivity index (χ0v) is 8.32. The van der Waals surface area contributed by atoms with Crippen LogP contribution in [0, 0.1) is 0 Å². The highest BCUT2D eigenvalue weighted by molar-refractivity contribution is 4.92. The molecular weight excluding hydrogens is 182 g/mol. The smallest absolute Gasteiger partial charge is 0.257 e. The molecule has 1 atom stereocenters. The van der Waals surface area contributed by atoms with Gasteiger partial charge in [0.05, 0.1) is 6.61 Å². The Morgan fingerprint density at radius 3 is 3.21 bits per heavy atom. The van der Waals surface area contributed by atoms with Gasteiger partial charge >= 0.3 is 0 Å². The summed E-state index contributed by atoms with van der Waals surface area (Å²) in [4.78, 5) is 4.28. The van der Waals surface area contributed by atoms with Crippen molar-refractivity contribution in [2.75, 3.05) is 19.7 Å². The minimum Gasteiger partial charge on any atom is -0.366 e. The fourth-order valence-corrected chi connectivity index (χ4v) is 1.45. The topological polar surface area (TPSA) is 60.2 Å². The van der Waals surface area contributed by atoms with Crippen LogP contribution in [0.1, 0.15) is 31.2 Å². The number of ether oxygens (including phenoxy) is 1. The van der Waals surface area contributed by atoms with E-state index in [2.05, 4.69) is 22.4 Å². The molecule has 0 bridgehead atoms. The summed E-state index contributed by atoms with van der Waals surface area (Å²) in [6.07, 6.45) is 1.83. The third-order valence-electron chi connectivity index (χ3n) is 2.16. The molecule has 2 rings (SSSR count). The molecule has 0 saturated carbocycles. The zero-order valence-electron chi connectivity index (χ0n) is 8.32. The molecule has 14 heavy (non-hydrogen) atoms. The van der Waals surface area contributed by atoms with Gasteiger partial charge in [-0.05, 0) is 6.42 Å². The highest BCUT2D eigenvalue weighted by Gasteiger charge is 2.21. The average molecular weight is 197 g/mol. The summed E-state index contributed by atoms with van der Waals surface area (Å²) in [5.41, 5.74) is 0. The van der Waals surface area contributed by atoms with E-state index in [1.54, 1.807) is 0 Å². The highest BCUT2D eigenvalue weighted by Crippen LogP contribution is 2.16. The van der Waals surface area contributed by atoms with Crippen LogP contribution in [-0.2, 0) is 11.2 Å². The van der Waals surface area contributed by atoms with Gasteiger partial charge in [0.15, 0.2) is 5.82 Å². The molecule has 1 fully saturated rings. The van der Waals surface area contributed by atoms with Crippen LogP contribution in [0.2, 0.25) is 0 Å². The molecule has 0 aliphatic carbocycles. The van der Waals surface area contributed by atoms with Crippen LogP contribution in [0.4, 0.5) is 0 Å². The van der Waals surface area contributed by atoms with E-state index >= 15 is 0 Å². The predicted octanol–water partition coefficient (Wildman–Crippen LogP) is 0.683. The van der Waals surface area contributed by atoms with E-state index in [0.29, 0.717) is 12.5 Å². The maximum absolute atomic E-state index is 5.50. The minimum absolute atomic E-state index is 0.0677. The van der Waals surface area contributed by atoms with Gasteiger partial charge in [0, 0.05) is 19.5 Å². The molecule has 1 aromatic rings. The molecule has 1 N–H and O–H groups in total. The fourth-order valence-electron chi connectivity index (χ4n) is 1.45. The number of rotatable bonds is 3. The SMILES string of the molecule is CCCc1noc(C2CNCCO2)n1. The van der Waals surface area contributed by atoms with Crippen molar-refractivity contribution in [3.05, 3.63) is 11.7 Å². The van der Waals surface area contributed by atoms with E-state index in [4.69, 9.17) is 9.26 Å². The van der Waals surface area contributed by atoms with Crippen LogP contribution in [0.25, 0.3) is 0 Å². The van der Waals surface area contributed by atoms with Crippen LogP contribution in [0.15, 0.2) is 4.52 Å². The first-order chi connectivity index (χ1) is 6.90. The van der Waals surface area contributed by atoms with Gasteiger partial charge in [0.25, 0.3) is 5.89 Å². The molecule has 1 saturated heterocycles. The number of aryl methyl sites for hydroxylation is 1. The summed E-state index contributed by atoms with van der Waals surface area (Å²) in [5.74, 6) is 1.37. The Hall–Kier alpha value is -0.940. The van der Waals surface area contributed by atoms with E-state index in [9.17, 15) is 0 Å². The first kappa shape index (κ1) is 9.61. The van der Waals surface area contributed by atoms with Crippen LogP contribution >= 0.6 is 0 Å². The number of aromatic nitrogens is 2. The summed E-state index contributed by atoms with van der Waals surface area (Å²) in [6.45, 7) is 4.45. The number of morpholine rings is 1. The van der Waals surface area contributed by atoms with Crippen molar-refractivity contribution >= 4 is 0 Å². The van der Waals surface area contributed by atoms with Gasteiger partial charge in [-0.3, -0.25) is 0 Å². The van der Waals surface area contributed by atoms with E-state index < -0.39 is 0 Å². The first-order valence-electron chi connectivity index (χ1n) is 5.05. The number of nitrogens with zero attached hydrogens (tertiary/aromatic N) is 2. The maximum atomic E-state index is 5.50. The molecule has 2 heterocycles. The van der Waals surface area contributed by atoms with Gasteiger partial charge in [0.2, 0.25) is 0 Å². The lowest BCUT2D eigenvalue weighted by molar-refractivity contribution is 0.00755. The van der Waals surface area contributed by atoms with Gasteiger partial charge in [0.1, 0.15) is 6.10 Å². The Kier molecular flexibility index (Phi) is 3.10. The highest BCUT2D eigenvalue weighted by atomic mass is 16.5. The summed E-state index contributed by atoms with van der Waals surface area (Å²) >= 11 is 0. The van der Waals surface area contributed by atoms with Crippen LogP contribution < -0.4 is 5.32 Å². The molecule has 0 radical (unpaired) electrons. The summed E-state index contributed by atoms with van der Waals surface area (Å²) in [6, 6.07) is 0. The second kappa shape index (κ2) is 4.52. The van der Waals surface area contributed by atoms with E-state index in [1.165, 1.54) is 0 Å². The molecule has 1 aliphatic heterocycles. The van der Waals surface area contributed by atoms with Crippen LogP contribution in [-0.4, -0.2) is 29.8 Å². The summed E-state index contributed by atoms with van der Waals surface area (Å²) in [7, 11) is 0. The molecule has 78 valence electrons. The second-order valence-electron chi connectivity index (χ2n) is 3.36. The first-order valence-corrected chi connectivity index (χ1v) is 5.05. The van der Waals surface area contributed by atoms with Gasteiger partial charge < -0.3 is 14.6 Å². The van der Waals surface area contributed by atoms with Gasteiger partial charge in [-0.25, -0.2) is 0 Å². The molecule has 1 unspecified atom stereocenters. The average Bonchev–Trinajstić information content (AvgIpc) is 2.68. The Labute approximate surface area is 82.8 Å². The van der Waals surface area contributed by atoms with Crippen molar-refractivity contribution < 1.29 is 9.26 Å². The van der Waals surface area contributed by atoms with E-state index in [-0.39, 0.29) is 6.10 Å². The van der Waals surface area contributed by atoms with E-state index in [0.717, 1.165) is 31.8 Å². The summed E-state index contributed by atoms with van der Waals surface area (Å²) < 4.78 is 10.6. The van der Waals surface area contributed by atoms with Gasteiger partial charge in [-0.1, -0.05) is 12.1 Å². The lowest BCUT2D eigenvalue weighted by atomic mass is 10.3. The molecule has 5 heteroatoms. The van der Waals surface area contributed by atoms with Crippen LogP contribution in [0.5, 0.6) is 0 Å². The Bertz CT molecular complexity index is 281. The quantitative estimate of drug-likeness (QED) is 0.772. The Morgan fingerprint density at radius 2 is 2.50 bits per heavy atom. The standard InChI is InChI=1S/C9H15N3O2/c1-2-3-8-11-9(14-12-8)7-6-10-4-5-13-7/h7,10H,2-6H2,1H3. The monoisotopic (exact) mass is 197 g/mol. The molecule has 1 aromatic heterocycles. The van der Waals surface area contributed by atoms with Crippen molar-refractivity contribution in [3.8, 4) is 0 Å². The van der Waals surface area contributed by atoms with Gasteiger partial charge in [-0.2, -0.15) is 4.98 Å². The summed E-state index contributed by atoms with van der Waals surface area (Å²) in [5, 5.41) is 7.11. The zero-order chi connectivity index (χ0) is 9.80. The largest absolute Gasteiger partial charge is 0.366 e. The number of hydrogen-bond donors (Lipinski definition) is 1. The molecule has 0 amide bonds. The predicted molar refractivity (Wildman–Crippen MR) is 49.9 cm³/mol. The molecule has 0 aromatic carbocycles. The lowest BCUT2D eigenvalue weighted by Gasteiger charge is -2.19. The van der Waals surface area contributed by atoms with E-state index in [1.807, 2.05) is 0 Å². The second-order valence-corrected chi connectivity index (χ2v) is 3.36. The van der Waals surface area contributed by atoms with Crippen molar-refractivity contribution in [1.82, 2.24) is 15.5 Å². The Balaban J connectivity index is 2.00. The molecule has 1 aliphatic rings. The molecule has 0 spiro atoms. The normalized spacial score (nSPS) is 22.5. The van der Waals surface area contributed by atoms with Crippen molar-refractivity contribution in [3.63, 3.8) is 0 Å². The number of hydrogen-bond acceptors (Lipinski definition) is 5.